The number of H-pyrrole nitrogens is 1. The first-order chi connectivity index (χ1) is 16.5. The Kier molecular flexibility index (Phi) is 6.02. The molecular weight excluding hydrogens is 456 g/mol. The molecule has 0 saturated carbocycles. The first-order valence-electron chi connectivity index (χ1n) is 11.0. The number of ether oxygens (including phenoxy) is 1. The van der Waals surface area contributed by atoms with Gasteiger partial charge in [0.15, 0.2) is 11.2 Å². The molecule has 1 aliphatic rings. The standard InChI is InChI=1S/C24H23ClN6O3/c1-34-18-8-6-16(7-9-18)24(33)30-12-10-15(11-13-30)21-26-22-20(23(32)27-21)28-29-31(22)14-17-4-2-3-5-19(17)25/h2-9,15H,10-14H2,1H3,(H,26,27,32). The molecule has 1 aliphatic heterocycles. The average molecular weight is 479 g/mol. The first-order valence-corrected chi connectivity index (χ1v) is 11.4. The molecule has 0 spiro atoms. The zero-order valence-corrected chi connectivity index (χ0v) is 19.3. The van der Waals surface area contributed by atoms with Crippen LogP contribution in [0.3, 0.4) is 0 Å². The summed E-state index contributed by atoms with van der Waals surface area (Å²) < 4.78 is 6.76. The Morgan fingerprint density at radius 2 is 1.88 bits per heavy atom. The third kappa shape index (κ3) is 4.26. The fraction of sp³-hybridized carbons (Fsp3) is 0.292. The number of methoxy groups -OCH3 is 1. The van der Waals surface area contributed by atoms with Crippen LogP contribution in [-0.4, -0.2) is 56.0 Å². The third-order valence-corrected chi connectivity index (χ3v) is 6.54. The van der Waals surface area contributed by atoms with Gasteiger partial charge in [0.25, 0.3) is 11.5 Å². The van der Waals surface area contributed by atoms with Gasteiger partial charge in [0, 0.05) is 29.6 Å². The molecule has 0 aliphatic carbocycles. The molecule has 1 amide bonds. The van der Waals surface area contributed by atoms with Crippen LogP contribution in [0, 0.1) is 0 Å². The Hall–Kier alpha value is -3.72. The number of fused-ring (bicyclic) bond motifs is 1. The van der Waals surface area contributed by atoms with Crippen LogP contribution in [0.1, 0.15) is 40.5 Å². The minimum absolute atomic E-state index is 0.0139. The van der Waals surface area contributed by atoms with Gasteiger partial charge in [-0.1, -0.05) is 35.0 Å². The Balaban J connectivity index is 1.33. The monoisotopic (exact) mass is 478 g/mol. The lowest BCUT2D eigenvalue weighted by molar-refractivity contribution is 0.0711. The van der Waals surface area contributed by atoms with E-state index < -0.39 is 0 Å². The summed E-state index contributed by atoms with van der Waals surface area (Å²) in [6.07, 6.45) is 1.39. The lowest BCUT2D eigenvalue weighted by Crippen LogP contribution is -2.38. The first kappa shape index (κ1) is 22.1. The van der Waals surface area contributed by atoms with Gasteiger partial charge >= 0.3 is 0 Å². The number of nitrogens with zero attached hydrogens (tertiary/aromatic N) is 5. The highest BCUT2D eigenvalue weighted by Gasteiger charge is 2.27. The molecule has 1 N–H and O–H groups in total. The molecule has 1 fully saturated rings. The van der Waals surface area contributed by atoms with Gasteiger partial charge in [-0.05, 0) is 48.7 Å². The molecule has 2 aromatic carbocycles. The van der Waals surface area contributed by atoms with Crippen LogP contribution in [0.25, 0.3) is 11.2 Å². The number of benzene rings is 2. The lowest BCUT2D eigenvalue weighted by atomic mass is 9.95. The summed E-state index contributed by atoms with van der Waals surface area (Å²) in [5.74, 6) is 1.32. The summed E-state index contributed by atoms with van der Waals surface area (Å²) in [5.41, 5.74) is 1.80. The normalized spacial score (nSPS) is 14.5. The quantitative estimate of drug-likeness (QED) is 0.472. The molecular formula is C24H23ClN6O3. The van der Waals surface area contributed by atoms with Gasteiger partial charge in [-0.3, -0.25) is 9.59 Å². The number of halogens is 1. The molecule has 4 aromatic rings. The summed E-state index contributed by atoms with van der Waals surface area (Å²) in [6, 6.07) is 14.6. The second-order valence-corrected chi connectivity index (χ2v) is 8.66. The van der Waals surface area contributed by atoms with Crippen molar-refractivity contribution in [2.45, 2.75) is 25.3 Å². The number of aromatic amines is 1. The van der Waals surface area contributed by atoms with Gasteiger partial charge in [0.2, 0.25) is 0 Å². The van der Waals surface area contributed by atoms with E-state index in [9.17, 15) is 9.59 Å². The van der Waals surface area contributed by atoms with Crippen molar-refractivity contribution in [1.29, 1.82) is 0 Å². The zero-order valence-electron chi connectivity index (χ0n) is 18.6. The number of nitrogens with one attached hydrogen (secondary N) is 1. The van der Waals surface area contributed by atoms with Gasteiger partial charge in [0.05, 0.1) is 13.7 Å². The van der Waals surface area contributed by atoms with Crippen molar-refractivity contribution < 1.29 is 9.53 Å². The van der Waals surface area contributed by atoms with Crippen molar-refractivity contribution in [1.82, 2.24) is 29.9 Å². The maximum atomic E-state index is 12.9. The smallest absolute Gasteiger partial charge is 0.281 e. The predicted molar refractivity (Wildman–Crippen MR) is 127 cm³/mol. The molecule has 0 atom stereocenters. The van der Waals surface area contributed by atoms with Crippen LogP contribution >= 0.6 is 11.6 Å². The highest BCUT2D eigenvalue weighted by molar-refractivity contribution is 6.31. The van der Waals surface area contributed by atoms with Crippen LogP contribution < -0.4 is 10.3 Å². The molecule has 10 heteroatoms. The van der Waals surface area contributed by atoms with Crippen molar-refractivity contribution >= 4 is 28.7 Å². The van der Waals surface area contributed by atoms with Gasteiger partial charge < -0.3 is 14.6 Å². The zero-order chi connectivity index (χ0) is 23.7. The Labute approximate surface area is 200 Å². The summed E-state index contributed by atoms with van der Waals surface area (Å²) in [7, 11) is 1.59. The van der Waals surface area contributed by atoms with Crippen molar-refractivity contribution in [2.24, 2.45) is 0 Å². The molecule has 9 nitrogen and oxygen atoms in total. The predicted octanol–water partition coefficient (Wildman–Crippen LogP) is 3.24. The van der Waals surface area contributed by atoms with Crippen LogP contribution in [0.4, 0.5) is 0 Å². The minimum Gasteiger partial charge on any atom is -0.497 e. The molecule has 174 valence electrons. The topological polar surface area (TPSA) is 106 Å². The van der Waals surface area contributed by atoms with E-state index in [1.165, 1.54) is 0 Å². The van der Waals surface area contributed by atoms with Crippen LogP contribution in [0.5, 0.6) is 5.75 Å². The number of hydrogen-bond donors (Lipinski definition) is 1. The van der Waals surface area contributed by atoms with E-state index in [0.717, 1.165) is 5.56 Å². The molecule has 0 bridgehead atoms. The van der Waals surface area contributed by atoms with Crippen molar-refractivity contribution in [3.8, 4) is 5.75 Å². The van der Waals surface area contributed by atoms with Crippen LogP contribution in [-0.2, 0) is 6.54 Å². The summed E-state index contributed by atoms with van der Waals surface area (Å²) >= 11 is 6.29. The van der Waals surface area contributed by atoms with Gasteiger partial charge in [-0.25, -0.2) is 9.67 Å². The largest absolute Gasteiger partial charge is 0.497 e. The second-order valence-electron chi connectivity index (χ2n) is 8.26. The lowest BCUT2D eigenvalue weighted by Gasteiger charge is -2.31. The van der Waals surface area contributed by atoms with Crippen molar-refractivity contribution in [3.63, 3.8) is 0 Å². The third-order valence-electron chi connectivity index (χ3n) is 6.18. The fourth-order valence-electron chi connectivity index (χ4n) is 4.24. The number of aromatic nitrogens is 5. The van der Waals surface area contributed by atoms with Gasteiger partial charge in [0.1, 0.15) is 11.6 Å². The molecule has 5 rings (SSSR count). The number of rotatable bonds is 5. The molecule has 3 heterocycles. The summed E-state index contributed by atoms with van der Waals surface area (Å²) in [6.45, 7) is 1.52. The van der Waals surface area contributed by atoms with Crippen molar-refractivity contribution in [2.75, 3.05) is 20.2 Å². The van der Waals surface area contributed by atoms with E-state index in [1.807, 2.05) is 29.2 Å². The maximum Gasteiger partial charge on any atom is 0.281 e. The van der Waals surface area contributed by atoms with E-state index in [2.05, 4.69) is 15.3 Å². The van der Waals surface area contributed by atoms with E-state index in [1.54, 1.807) is 36.1 Å². The number of likely N-dealkylation sites (tertiary alicyclic amines) is 1. The van der Waals surface area contributed by atoms with E-state index >= 15 is 0 Å². The van der Waals surface area contributed by atoms with E-state index in [-0.39, 0.29) is 22.9 Å². The SMILES string of the molecule is COc1ccc(C(=O)N2CCC(c3nc4c(nnn4Cc4ccccc4Cl)c(=O)[nH]3)CC2)cc1. The number of hydrogen-bond acceptors (Lipinski definition) is 6. The van der Waals surface area contributed by atoms with Crippen LogP contribution in [0.2, 0.25) is 5.02 Å². The average Bonchev–Trinajstić information content (AvgIpc) is 3.28. The Morgan fingerprint density at radius 1 is 1.15 bits per heavy atom. The molecule has 2 aromatic heterocycles. The highest BCUT2D eigenvalue weighted by atomic mass is 35.5. The highest BCUT2D eigenvalue weighted by Crippen LogP contribution is 2.27. The number of piperidine rings is 1. The number of carbonyl (C=O) groups excluding carboxylic acids is 1. The molecule has 0 unspecified atom stereocenters. The second kappa shape index (κ2) is 9.26. The minimum atomic E-state index is -0.317. The number of amides is 1. The van der Waals surface area contributed by atoms with Gasteiger partial charge in [-0.2, -0.15) is 0 Å². The van der Waals surface area contributed by atoms with E-state index in [4.69, 9.17) is 21.3 Å². The van der Waals surface area contributed by atoms with Gasteiger partial charge in [-0.15, -0.1) is 5.10 Å². The summed E-state index contributed by atoms with van der Waals surface area (Å²) in [4.78, 5) is 35.0. The Morgan fingerprint density at radius 3 is 2.59 bits per heavy atom. The maximum absolute atomic E-state index is 12.9. The molecule has 34 heavy (non-hydrogen) atoms. The molecule has 0 radical (unpaired) electrons. The fourth-order valence-corrected chi connectivity index (χ4v) is 4.44. The molecule has 1 saturated heterocycles. The number of carbonyl (C=O) groups is 1. The van der Waals surface area contributed by atoms with Crippen LogP contribution in [0.15, 0.2) is 53.3 Å². The summed E-state index contributed by atoms with van der Waals surface area (Å²) in [5, 5.41) is 8.75. The van der Waals surface area contributed by atoms with Crippen molar-refractivity contribution in [3.05, 3.63) is 80.9 Å². The Bertz CT molecular complexity index is 1390. The van der Waals surface area contributed by atoms with E-state index in [0.29, 0.717) is 60.3 Å².